The van der Waals surface area contributed by atoms with Gasteiger partial charge in [-0.25, -0.2) is 0 Å². The van der Waals surface area contributed by atoms with Crippen LogP contribution in [0.15, 0.2) is 36.4 Å². The highest BCUT2D eigenvalue weighted by atomic mass is 16.5. The van der Waals surface area contributed by atoms with Crippen molar-refractivity contribution in [2.45, 2.75) is 6.54 Å². The van der Waals surface area contributed by atoms with Crippen molar-refractivity contribution in [2.75, 3.05) is 28.4 Å². The summed E-state index contributed by atoms with van der Waals surface area (Å²) in [5.74, 6) is 2.05. The molecule has 0 bridgehead atoms. The molecule has 0 saturated carbocycles. The number of methoxy groups -OCH3 is 4. The van der Waals surface area contributed by atoms with Crippen LogP contribution in [0.25, 0.3) is 0 Å². The second-order valence-corrected chi connectivity index (χ2v) is 4.95. The summed E-state index contributed by atoms with van der Waals surface area (Å²) < 4.78 is 21.0. The van der Waals surface area contributed by atoms with Crippen LogP contribution in [-0.4, -0.2) is 34.3 Å². The van der Waals surface area contributed by atoms with Gasteiger partial charge >= 0.3 is 0 Å². The molecule has 2 rings (SSSR count). The van der Waals surface area contributed by atoms with E-state index in [9.17, 15) is 4.79 Å². The van der Waals surface area contributed by atoms with Crippen LogP contribution in [0.3, 0.4) is 0 Å². The number of hydrogen-bond donors (Lipinski definition) is 1. The van der Waals surface area contributed by atoms with Gasteiger partial charge in [-0.2, -0.15) is 0 Å². The molecule has 0 fully saturated rings. The number of carbonyl (C=O) groups is 1. The van der Waals surface area contributed by atoms with E-state index < -0.39 is 0 Å². The molecule has 0 aliphatic heterocycles. The molecule has 0 aliphatic rings. The van der Waals surface area contributed by atoms with E-state index in [1.807, 2.05) is 0 Å². The van der Waals surface area contributed by atoms with Crippen molar-refractivity contribution in [1.82, 2.24) is 5.32 Å². The van der Waals surface area contributed by atoms with Gasteiger partial charge in [0.05, 0.1) is 28.4 Å². The summed E-state index contributed by atoms with van der Waals surface area (Å²) in [5.41, 5.74) is 1.36. The van der Waals surface area contributed by atoms with Gasteiger partial charge in [0.25, 0.3) is 5.91 Å². The Bertz CT molecular complexity index is 689. The molecule has 0 saturated heterocycles. The van der Waals surface area contributed by atoms with Crippen molar-refractivity contribution in [1.29, 1.82) is 0 Å². The van der Waals surface area contributed by atoms with Crippen LogP contribution in [-0.2, 0) is 6.54 Å². The molecule has 24 heavy (non-hydrogen) atoms. The van der Waals surface area contributed by atoms with E-state index in [0.717, 1.165) is 5.56 Å². The minimum Gasteiger partial charge on any atom is -0.497 e. The zero-order chi connectivity index (χ0) is 17.5. The van der Waals surface area contributed by atoms with Gasteiger partial charge < -0.3 is 24.3 Å². The lowest BCUT2D eigenvalue weighted by Crippen LogP contribution is -2.22. The Balaban J connectivity index is 2.14. The van der Waals surface area contributed by atoms with Crippen LogP contribution in [0.2, 0.25) is 0 Å². The quantitative estimate of drug-likeness (QED) is 0.845. The van der Waals surface area contributed by atoms with Crippen LogP contribution in [0.1, 0.15) is 15.9 Å². The molecule has 0 unspecified atom stereocenters. The normalized spacial score (nSPS) is 10.0. The van der Waals surface area contributed by atoms with E-state index in [0.29, 0.717) is 35.1 Å². The fourth-order valence-electron chi connectivity index (χ4n) is 2.29. The van der Waals surface area contributed by atoms with Crippen molar-refractivity contribution >= 4 is 5.91 Å². The predicted molar refractivity (Wildman–Crippen MR) is 90.3 cm³/mol. The Morgan fingerprint density at radius 2 is 1.58 bits per heavy atom. The average Bonchev–Trinajstić information content (AvgIpc) is 2.64. The molecule has 6 heteroatoms. The maximum atomic E-state index is 12.3. The van der Waals surface area contributed by atoms with E-state index in [4.69, 9.17) is 18.9 Å². The van der Waals surface area contributed by atoms with Crippen LogP contribution in [0.4, 0.5) is 0 Å². The third-order valence-corrected chi connectivity index (χ3v) is 3.51. The number of carbonyl (C=O) groups excluding carboxylic acids is 1. The van der Waals surface area contributed by atoms with Gasteiger partial charge in [-0.1, -0.05) is 6.07 Å². The Morgan fingerprint density at radius 3 is 2.12 bits per heavy atom. The van der Waals surface area contributed by atoms with Crippen LogP contribution < -0.4 is 24.3 Å². The minimum absolute atomic E-state index is 0.192. The summed E-state index contributed by atoms with van der Waals surface area (Å²) in [7, 11) is 6.21. The number of benzene rings is 2. The summed E-state index contributed by atoms with van der Waals surface area (Å²) in [6.45, 7) is 0.326. The monoisotopic (exact) mass is 331 g/mol. The highest BCUT2D eigenvalue weighted by Gasteiger charge is 2.14. The lowest BCUT2D eigenvalue weighted by Gasteiger charge is -2.14. The second kappa shape index (κ2) is 8.10. The molecule has 2 aromatic rings. The summed E-state index contributed by atoms with van der Waals surface area (Å²) in [4.78, 5) is 12.3. The van der Waals surface area contributed by atoms with Crippen LogP contribution in [0.5, 0.6) is 23.0 Å². The van der Waals surface area contributed by atoms with Crippen LogP contribution >= 0.6 is 0 Å². The highest BCUT2D eigenvalue weighted by molar-refractivity contribution is 5.94. The zero-order valence-corrected chi connectivity index (χ0v) is 14.2. The highest BCUT2D eigenvalue weighted by Crippen LogP contribution is 2.38. The van der Waals surface area contributed by atoms with E-state index in [1.165, 1.54) is 0 Å². The van der Waals surface area contributed by atoms with Crippen molar-refractivity contribution in [3.8, 4) is 23.0 Å². The smallest absolute Gasteiger partial charge is 0.251 e. The number of hydrogen-bond acceptors (Lipinski definition) is 5. The molecule has 128 valence electrons. The molecular formula is C18H21NO5. The Kier molecular flexibility index (Phi) is 5.89. The number of rotatable bonds is 7. The standard InChI is InChI=1S/C18H21NO5/c1-21-14-7-5-6-13(10-14)18(20)19-11-12-8-15(22-2)17(24-4)16(9-12)23-3/h5-10H,11H2,1-4H3,(H,19,20). The van der Waals surface area contributed by atoms with Gasteiger partial charge in [0.1, 0.15) is 5.75 Å². The Labute approximate surface area is 141 Å². The first kappa shape index (κ1) is 17.5. The van der Waals surface area contributed by atoms with Crippen molar-refractivity contribution in [3.05, 3.63) is 47.5 Å². The van der Waals surface area contributed by atoms with E-state index in [2.05, 4.69) is 5.32 Å². The van der Waals surface area contributed by atoms with Crippen molar-refractivity contribution in [2.24, 2.45) is 0 Å². The van der Waals surface area contributed by atoms with Crippen LogP contribution in [0, 0.1) is 0 Å². The fourth-order valence-corrected chi connectivity index (χ4v) is 2.29. The first-order chi connectivity index (χ1) is 11.6. The van der Waals surface area contributed by atoms with Gasteiger partial charge in [-0.3, -0.25) is 4.79 Å². The molecule has 0 aliphatic carbocycles. The van der Waals surface area contributed by atoms with Gasteiger partial charge in [0.15, 0.2) is 11.5 Å². The third kappa shape index (κ3) is 3.90. The number of nitrogens with one attached hydrogen (secondary N) is 1. The van der Waals surface area contributed by atoms with Gasteiger partial charge in [-0.15, -0.1) is 0 Å². The first-order valence-corrected chi connectivity index (χ1v) is 7.34. The van der Waals surface area contributed by atoms with Gasteiger partial charge in [-0.05, 0) is 35.9 Å². The second-order valence-electron chi connectivity index (χ2n) is 4.95. The molecule has 6 nitrogen and oxygen atoms in total. The first-order valence-electron chi connectivity index (χ1n) is 7.34. The third-order valence-electron chi connectivity index (χ3n) is 3.51. The molecule has 0 radical (unpaired) electrons. The van der Waals surface area contributed by atoms with Gasteiger partial charge in [0.2, 0.25) is 5.75 Å². The van der Waals surface area contributed by atoms with E-state index in [1.54, 1.807) is 64.8 Å². The maximum Gasteiger partial charge on any atom is 0.251 e. The molecule has 1 N–H and O–H groups in total. The van der Waals surface area contributed by atoms with Crippen molar-refractivity contribution in [3.63, 3.8) is 0 Å². The summed E-state index contributed by atoms with van der Waals surface area (Å²) in [6.07, 6.45) is 0. The molecule has 2 aromatic carbocycles. The zero-order valence-electron chi connectivity index (χ0n) is 14.2. The summed E-state index contributed by atoms with van der Waals surface area (Å²) >= 11 is 0. The molecule has 1 amide bonds. The Morgan fingerprint density at radius 1 is 0.917 bits per heavy atom. The minimum atomic E-state index is -0.192. The average molecular weight is 331 g/mol. The fraction of sp³-hybridized carbons (Fsp3) is 0.278. The van der Waals surface area contributed by atoms with Gasteiger partial charge in [0, 0.05) is 12.1 Å². The maximum absolute atomic E-state index is 12.3. The SMILES string of the molecule is COc1cccc(C(=O)NCc2cc(OC)c(OC)c(OC)c2)c1. The summed E-state index contributed by atoms with van der Waals surface area (Å²) in [5, 5.41) is 2.86. The lowest BCUT2D eigenvalue weighted by atomic mass is 10.1. The van der Waals surface area contributed by atoms with Crippen molar-refractivity contribution < 1.29 is 23.7 Å². The Hall–Kier alpha value is -2.89. The number of ether oxygens (including phenoxy) is 4. The van der Waals surface area contributed by atoms with E-state index in [-0.39, 0.29) is 5.91 Å². The number of amides is 1. The summed E-state index contributed by atoms with van der Waals surface area (Å²) in [6, 6.07) is 10.6. The molecular weight excluding hydrogens is 310 g/mol. The molecule has 0 aromatic heterocycles. The topological polar surface area (TPSA) is 66.0 Å². The predicted octanol–water partition coefficient (Wildman–Crippen LogP) is 2.65. The largest absolute Gasteiger partial charge is 0.497 e. The molecule has 0 atom stereocenters. The van der Waals surface area contributed by atoms with E-state index >= 15 is 0 Å². The molecule has 0 heterocycles. The lowest BCUT2D eigenvalue weighted by molar-refractivity contribution is 0.0950. The molecule has 0 spiro atoms.